The molecule has 1 aromatic rings. The lowest BCUT2D eigenvalue weighted by Gasteiger charge is -2.19. The van der Waals surface area contributed by atoms with Crippen LogP contribution in [-0.4, -0.2) is 21.6 Å². The Labute approximate surface area is 104 Å². The molecule has 1 aromatic heterocycles. The average Bonchev–Trinajstić information content (AvgIpc) is 2.13. The maximum atomic E-state index is 11.5. The number of aryl methyl sites for hydroxylation is 1. The molecule has 18 heavy (non-hydrogen) atoms. The van der Waals surface area contributed by atoms with Crippen molar-refractivity contribution < 1.29 is 14.5 Å². The van der Waals surface area contributed by atoms with E-state index in [2.05, 4.69) is 10.3 Å². The van der Waals surface area contributed by atoms with E-state index in [-0.39, 0.29) is 11.5 Å². The minimum atomic E-state index is -0.774. The van der Waals surface area contributed by atoms with Crippen LogP contribution in [0, 0.1) is 17.0 Å². The first kappa shape index (κ1) is 13.9. The Kier molecular flexibility index (Phi) is 3.85. The first-order valence-electron chi connectivity index (χ1n) is 5.31. The number of nitrogens with zero attached hydrogens (tertiary/aromatic N) is 2. The van der Waals surface area contributed by atoms with Crippen LogP contribution in [0.3, 0.4) is 0 Å². The molecular weight excluding hydrogens is 238 g/mol. The smallest absolute Gasteiger partial charge is 0.413 e. The number of ether oxygens (including phenoxy) is 1. The zero-order chi connectivity index (χ0) is 13.9. The second-order valence-corrected chi connectivity index (χ2v) is 4.70. The van der Waals surface area contributed by atoms with Gasteiger partial charge >= 0.3 is 11.8 Å². The molecule has 7 nitrogen and oxygen atoms in total. The number of rotatable bonds is 2. The third kappa shape index (κ3) is 4.00. The van der Waals surface area contributed by atoms with Gasteiger partial charge in [-0.05, 0) is 33.8 Å². The molecule has 0 radical (unpaired) electrons. The van der Waals surface area contributed by atoms with Gasteiger partial charge in [-0.1, -0.05) is 0 Å². The lowest BCUT2D eigenvalue weighted by molar-refractivity contribution is -0.384. The van der Waals surface area contributed by atoms with Crippen molar-refractivity contribution >= 4 is 17.6 Å². The van der Waals surface area contributed by atoms with Gasteiger partial charge in [-0.2, -0.15) is 0 Å². The highest BCUT2D eigenvalue weighted by molar-refractivity contribution is 5.86. The lowest BCUT2D eigenvalue weighted by atomic mass is 10.2. The topological polar surface area (TPSA) is 94.4 Å². The highest BCUT2D eigenvalue weighted by Gasteiger charge is 2.21. The average molecular weight is 253 g/mol. The van der Waals surface area contributed by atoms with E-state index in [0.29, 0.717) is 5.69 Å². The Morgan fingerprint density at radius 1 is 1.44 bits per heavy atom. The summed E-state index contributed by atoms with van der Waals surface area (Å²) in [5.41, 5.74) is -0.388. The zero-order valence-corrected chi connectivity index (χ0v) is 10.7. The number of anilines is 1. The summed E-state index contributed by atoms with van der Waals surface area (Å²) in [6.07, 6.45) is -0.774. The summed E-state index contributed by atoms with van der Waals surface area (Å²) >= 11 is 0. The summed E-state index contributed by atoms with van der Waals surface area (Å²) in [5, 5.41) is 13.0. The molecule has 0 bridgehead atoms. The highest BCUT2D eigenvalue weighted by atomic mass is 16.6. The van der Waals surface area contributed by atoms with Crippen molar-refractivity contribution in [3.63, 3.8) is 0 Å². The number of carbonyl (C=O) groups is 1. The van der Waals surface area contributed by atoms with Gasteiger partial charge in [0, 0.05) is 11.8 Å². The zero-order valence-electron chi connectivity index (χ0n) is 10.7. The van der Waals surface area contributed by atoms with E-state index >= 15 is 0 Å². The summed E-state index contributed by atoms with van der Waals surface area (Å²) in [6.45, 7) is 6.77. The molecule has 0 atom stereocenters. The Bertz CT molecular complexity index is 480. The maximum Gasteiger partial charge on any atom is 0.413 e. The van der Waals surface area contributed by atoms with Gasteiger partial charge in [-0.3, -0.25) is 15.4 Å². The fraction of sp³-hybridized carbons (Fsp3) is 0.455. The largest absolute Gasteiger partial charge is 0.444 e. The normalized spacial score (nSPS) is 10.9. The van der Waals surface area contributed by atoms with Gasteiger partial charge in [0.15, 0.2) is 0 Å². The number of hydrogen-bond donors (Lipinski definition) is 1. The Balaban J connectivity index is 2.93. The maximum absolute atomic E-state index is 11.5. The molecule has 0 saturated heterocycles. The van der Waals surface area contributed by atoms with Crippen molar-refractivity contribution in [3.8, 4) is 0 Å². The number of nitro groups is 1. The molecule has 0 aliphatic heterocycles. The van der Waals surface area contributed by atoms with Crippen LogP contribution in [0.15, 0.2) is 12.1 Å². The molecule has 1 N–H and O–H groups in total. The van der Waals surface area contributed by atoms with Crippen LogP contribution in [-0.2, 0) is 4.74 Å². The molecule has 98 valence electrons. The van der Waals surface area contributed by atoms with Crippen LogP contribution in [0.2, 0.25) is 0 Å². The van der Waals surface area contributed by atoms with Crippen LogP contribution >= 0.6 is 0 Å². The number of aromatic nitrogens is 1. The molecule has 1 heterocycles. The van der Waals surface area contributed by atoms with Crippen LogP contribution in [0.1, 0.15) is 26.5 Å². The molecule has 1 amide bonds. The molecule has 0 saturated carbocycles. The van der Waals surface area contributed by atoms with E-state index in [0.717, 1.165) is 0 Å². The van der Waals surface area contributed by atoms with E-state index < -0.39 is 16.6 Å². The summed E-state index contributed by atoms with van der Waals surface area (Å²) in [4.78, 5) is 25.6. The third-order valence-corrected chi connectivity index (χ3v) is 1.83. The van der Waals surface area contributed by atoms with E-state index in [1.165, 1.54) is 12.1 Å². The molecule has 0 aliphatic carbocycles. The van der Waals surface area contributed by atoms with Crippen molar-refractivity contribution in [3.05, 3.63) is 27.9 Å². The second kappa shape index (κ2) is 4.99. The predicted octanol–water partition coefficient (Wildman–Crippen LogP) is 2.65. The first-order chi connectivity index (χ1) is 8.19. The number of carbonyl (C=O) groups excluding carboxylic acids is 1. The predicted molar refractivity (Wildman–Crippen MR) is 65.5 cm³/mol. The molecule has 0 aliphatic rings. The van der Waals surface area contributed by atoms with Gasteiger partial charge in [-0.25, -0.2) is 9.78 Å². The fourth-order valence-electron chi connectivity index (χ4n) is 1.19. The molecule has 0 aromatic carbocycles. The molecule has 0 spiro atoms. The number of hydrogen-bond acceptors (Lipinski definition) is 5. The van der Waals surface area contributed by atoms with Gasteiger partial charge in [0.1, 0.15) is 5.60 Å². The summed E-state index contributed by atoms with van der Waals surface area (Å²) in [6, 6.07) is 2.79. The van der Waals surface area contributed by atoms with Crippen LogP contribution < -0.4 is 5.32 Å². The van der Waals surface area contributed by atoms with E-state index in [1.807, 2.05) is 0 Å². The van der Waals surface area contributed by atoms with E-state index in [9.17, 15) is 14.9 Å². The van der Waals surface area contributed by atoms with Gasteiger partial charge in [-0.15, -0.1) is 0 Å². The Morgan fingerprint density at radius 3 is 2.56 bits per heavy atom. The van der Waals surface area contributed by atoms with E-state index in [1.54, 1.807) is 27.7 Å². The van der Waals surface area contributed by atoms with Crippen molar-refractivity contribution in [2.24, 2.45) is 0 Å². The van der Waals surface area contributed by atoms with Crippen LogP contribution in [0.25, 0.3) is 0 Å². The standard InChI is InChI=1S/C11H15N3O4/c1-7-5-6-8(14(16)17)9(12-7)13-10(15)18-11(2,3)4/h5-6H,1-4H3,(H,12,13,15). The van der Waals surface area contributed by atoms with Crippen molar-refractivity contribution in [2.75, 3.05) is 5.32 Å². The lowest BCUT2D eigenvalue weighted by Crippen LogP contribution is -2.27. The van der Waals surface area contributed by atoms with Gasteiger partial charge in [0.2, 0.25) is 5.82 Å². The molecular formula is C11H15N3O4. The third-order valence-electron chi connectivity index (χ3n) is 1.83. The number of pyridine rings is 1. The Morgan fingerprint density at radius 2 is 2.06 bits per heavy atom. The minimum Gasteiger partial charge on any atom is -0.444 e. The minimum absolute atomic E-state index is 0.116. The highest BCUT2D eigenvalue weighted by Crippen LogP contribution is 2.22. The fourth-order valence-corrected chi connectivity index (χ4v) is 1.19. The monoisotopic (exact) mass is 253 g/mol. The number of amides is 1. The molecule has 0 fully saturated rings. The first-order valence-corrected chi connectivity index (χ1v) is 5.31. The quantitative estimate of drug-likeness (QED) is 0.645. The van der Waals surface area contributed by atoms with Crippen molar-refractivity contribution in [1.82, 2.24) is 4.98 Å². The van der Waals surface area contributed by atoms with Crippen molar-refractivity contribution in [1.29, 1.82) is 0 Å². The SMILES string of the molecule is Cc1ccc([N+](=O)[O-])c(NC(=O)OC(C)(C)C)n1. The molecule has 0 unspecified atom stereocenters. The van der Waals surface area contributed by atoms with Gasteiger partial charge < -0.3 is 4.74 Å². The van der Waals surface area contributed by atoms with Gasteiger partial charge in [0.25, 0.3) is 0 Å². The van der Waals surface area contributed by atoms with Crippen LogP contribution in [0.5, 0.6) is 0 Å². The second-order valence-electron chi connectivity index (χ2n) is 4.70. The van der Waals surface area contributed by atoms with Gasteiger partial charge in [0.05, 0.1) is 4.92 Å². The molecule has 7 heteroatoms. The summed E-state index contributed by atoms with van der Waals surface area (Å²) in [7, 11) is 0. The van der Waals surface area contributed by atoms with E-state index in [4.69, 9.17) is 4.74 Å². The van der Waals surface area contributed by atoms with Crippen molar-refractivity contribution in [2.45, 2.75) is 33.3 Å². The number of nitrogens with one attached hydrogen (secondary N) is 1. The molecule has 1 rings (SSSR count). The summed E-state index contributed by atoms with van der Waals surface area (Å²) < 4.78 is 5.00. The summed E-state index contributed by atoms with van der Waals surface area (Å²) in [5.74, 6) is -0.116. The Hall–Kier alpha value is -2.18. The van der Waals surface area contributed by atoms with Crippen LogP contribution in [0.4, 0.5) is 16.3 Å².